The number of anilines is 1. The molecule has 1 aliphatic rings. The lowest BCUT2D eigenvalue weighted by Gasteiger charge is -2.35. The van der Waals surface area contributed by atoms with Crippen molar-refractivity contribution in [3.05, 3.63) is 42.2 Å². The van der Waals surface area contributed by atoms with Gasteiger partial charge >= 0.3 is 0 Å². The molecule has 0 saturated carbocycles. The van der Waals surface area contributed by atoms with E-state index in [9.17, 15) is 9.18 Å². The van der Waals surface area contributed by atoms with Crippen LogP contribution in [0.3, 0.4) is 0 Å². The highest BCUT2D eigenvalue weighted by molar-refractivity contribution is 5.76. The Kier molecular flexibility index (Phi) is 4.24. The Hall–Kier alpha value is -3.03. The molecule has 2 aromatic heterocycles. The lowest BCUT2D eigenvalue weighted by Crippen LogP contribution is -2.49. The number of hydrogen-bond donors (Lipinski definition) is 0. The third-order valence-electron chi connectivity index (χ3n) is 4.62. The van der Waals surface area contributed by atoms with Crippen LogP contribution in [0.25, 0.3) is 17.0 Å². The molecule has 134 valence electrons. The van der Waals surface area contributed by atoms with E-state index in [0.717, 1.165) is 5.82 Å². The summed E-state index contributed by atoms with van der Waals surface area (Å²) in [5.74, 6) is 0.952. The first-order chi connectivity index (χ1) is 12.7. The van der Waals surface area contributed by atoms with E-state index in [-0.39, 0.29) is 11.7 Å². The van der Waals surface area contributed by atoms with Crippen LogP contribution >= 0.6 is 0 Å². The predicted octanol–water partition coefficient (Wildman–Crippen LogP) is 1.99. The van der Waals surface area contributed by atoms with Crippen LogP contribution in [-0.4, -0.2) is 56.8 Å². The molecule has 4 rings (SSSR count). The van der Waals surface area contributed by atoms with Gasteiger partial charge in [0.25, 0.3) is 0 Å². The number of halogens is 1. The van der Waals surface area contributed by atoms with Crippen LogP contribution in [0.15, 0.2) is 36.4 Å². The zero-order valence-electron chi connectivity index (χ0n) is 14.5. The van der Waals surface area contributed by atoms with Crippen molar-refractivity contribution < 1.29 is 9.18 Å². The number of benzene rings is 1. The first kappa shape index (κ1) is 16.4. The first-order valence-corrected chi connectivity index (χ1v) is 8.67. The molecule has 1 amide bonds. The molecule has 0 bridgehead atoms. The third kappa shape index (κ3) is 2.87. The summed E-state index contributed by atoms with van der Waals surface area (Å²) < 4.78 is 15.7. The number of hydrogen-bond acceptors (Lipinski definition) is 5. The number of nitrogens with zero attached hydrogens (tertiary/aromatic N) is 6. The quantitative estimate of drug-likeness (QED) is 0.720. The normalized spacial score (nSPS) is 14.8. The summed E-state index contributed by atoms with van der Waals surface area (Å²) in [4.78, 5) is 15.8. The first-order valence-electron chi connectivity index (χ1n) is 8.67. The number of piperazine rings is 1. The van der Waals surface area contributed by atoms with Crippen LogP contribution in [0, 0.1) is 5.82 Å². The zero-order valence-corrected chi connectivity index (χ0v) is 14.5. The second-order valence-corrected chi connectivity index (χ2v) is 6.19. The highest BCUT2D eigenvalue weighted by atomic mass is 19.1. The molecule has 7 nitrogen and oxygen atoms in total. The number of amides is 1. The van der Waals surface area contributed by atoms with Gasteiger partial charge in [0.1, 0.15) is 11.6 Å². The van der Waals surface area contributed by atoms with Crippen molar-refractivity contribution in [2.75, 3.05) is 31.1 Å². The predicted molar refractivity (Wildman–Crippen MR) is 95.3 cm³/mol. The Morgan fingerprint density at radius 3 is 2.58 bits per heavy atom. The van der Waals surface area contributed by atoms with Crippen LogP contribution in [0.4, 0.5) is 10.2 Å². The largest absolute Gasteiger partial charge is 0.352 e. The highest BCUT2D eigenvalue weighted by Gasteiger charge is 2.22. The smallest absolute Gasteiger partial charge is 0.222 e. The maximum atomic E-state index is 14.1. The van der Waals surface area contributed by atoms with Gasteiger partial charge in [0.15, 0.2) is 11.5 Å². The summed E-state index contributed by atoms with van der Waals surface area (Å²) in [5.41, 5.74) is 0.926. The summed E-state index contributed by atoms with van der Waals surface area (Å²) in [7, 11) is 0. The summed E-state index contributed by atoms with van der Waals surface area (Å²) in [5, 5.41) is 12.8. The summed E-state index contributed by atoms with van der Waals surface area (Å²) in [6.07, 6.45) is 0.525. The van der Waals surface area contributed by atoms with Gasteiger partial charge < -0.3 is 9.80 Å². The second kappa shape index (κ2) is 6.70. The van der Waals surface area contributed by atoms with E-state index in [1.807, 2.05) is 24.0 Å². The molecule has 0 unspecified atom stereocenters. The van der Waals surface area contributed by atoms with E-state index in [1.54, 1.807) is 22.7 Å². The molecule has 3 aromatic rings. The van der Waals surface area contributed by atoms with Crippen LogP contribution in [-0.2, 0) is 4.79 Å². The van der Waals surface area contributed by atoms with Gasteiger partial charge in [0.2, 0.25) is 5.91 Å². The van der Waals surface area contributed by atoms with Gasteiger partial charge in [-0.2, -0.15) is 4.52 Å². The standard InChI is InChI=1S/C18H19FN6O/c1-2-17(26)24-11-9-23(10-12-24)16-8-7-15-20-21-18(25(15)22-16)13-5-3-4-6-14(13)19/h3-8H,2,9-12H2,1H3. The minimum absolute atomic E-state index is 0.175. The number of rotatable bonds is 3. The molecule has 1 fully saturated rings. The van der Waals surface area contributed by atoms with E-state index in [0.29, 0.717) is 49.6 Å². The minimum atomic E-state index is -0.360. The van der Waals surface area contributed by atoms with Crippen molar-refractivity contribution in [2.24, 2.45) is 0 Å². The maximum Gasteiger partial charge on any atom is 0.222 e. The number of fused-ring (bicyclic) bond motifs is 1. The van der Waals surface area contributed by atoms with Crippen molar-refractivity contribution in [2.45, 2.75) is 13.3 Å². The van der Waals surface area contributed by atoms with E-state index in [4.69, 9.17) is 0 Å². The van der Waals surface area contributed by atoms with Crippen LogP contribution < -0.4 is 4.90 Å². The summed E-state index contributed by atoms with van der Waals surface area (Å²) >= 11 is 0. The Labute approximate surface area is 150 Å². The van der Waals surface area contributed by atoms with Gasteiger partial charge in [-0.3, -0.25) is 4.79 Å². The second-order valence-electron chi connectivity index (χ2n) is 6.19. The molecule has 26 heavy (non-hydrogen) atoms. The molecule has 1 saturated heterocycles. The van der Waals surface area contributed by atoms with Crippen LogP contribution in [0.5, 0.6) is 0 Å². The Morgan fingerprint density at radius 1 is 1.08 bits per heavy atom. The lowest BCUT2D eigenvalue weighted by molar-refractivity contribution is -0.131. The molecule has 0 spiro atoms. The van der Waals surface area contributed by atoms with E-state index >= 15 is 0 Å². The fraction of sp³-hybridized carbons (Fsp3) is 0.333. The molecule has 8 heteroatoms. The molecule has 0 N–H and O–H groups in total. The summed E-state index contributed by atoms with van der Waals surface area (Å²) in [6, 6.07) is 10.2. The van der Waals surface area contributed by atoms with Crippen LogP contribution in [0.1, 0.15) is 13.3 Å². The Balaban J connectivity index is 1.63. The maximum absolute atomic E-state index is 14.1. The van der Waals surface area contributed by atoms with Gasteiger partial charge in [0, 0.05) is 32.6 Å². The molecule has 1 aromatic carbocycles. The zero-order chi connectivity index (χ0) is 18.1. The van der Waals surface area contributed by atoms with Crippen molar-refractivity contribution in [3.8, 4) is 11.4 Å². The summed E-state index contributed by atoms with van der Waals surface area (Å²) in [6.45, 7) is 4.65. The van der Waals surface area contributed by atoms with Gasteiger partial charge in [-0.15, -0.1) is 15.3 Å². The monoisotopic (exact) mass is 354 g/mol. The van der Waals surface area contributed by atoms with E-state index in [1.165, 1.54) is 6.07 Å². The SMILES string of the molecule is CCC(=O)N1CCN(c2ccc3nnc(-c4ccccc4F)n3n2)CC1. The van der Waals surface area contributed by atoms with E-state index in [2.05, 4.69) is 20.2 Å². The van der Waals surface area contributed by atoms with Gasteiger partial charge in [0.05, 0.1) is 5.56 Å². The molecular formula is C18H19FN6O. The Morgan fingerprint density at radius 2 is 1.85 bits per heavy atom. The lowest BCUT2D eigenvalue weighted by atomic mass is 10.2. The fourth-order valence-corrected chi connectivity index (χ4v) is 3.17. The molecule has 0 radical (unpaired) electrons. The molecule has 0 atom stereocenters. The van der Waals surface area contributed by atoms with Gasteiger partial charge in [-0.1, -0.05) is 19.1 Å². The highest BCUT2D eigenvalue weighted by Crippen LogP contribution is 2.22. The fourth-order valence-electron chi connectivity index (χ4n) is 3.17. The van der Waals surface area contributed by atoms with Crippen LogP contribution in [0.2, 0.25) is 0 Å². The number of aromatic nitrogens is 4. The van der Waals surface area contributed by atoms with Crippen molar-refractivity contribution in [1.82, 2.24) is 24.7 Å². The van der Waals surface area contributed by atoms with Crippen molar-refractivity contribution >= 4 is 17.4 Å². The minimum Gasteiger partial charge on any atom is -0.352 e. The average Bonchev–Trinajstić information content (AvgIpc) is 3.11. The van der Waals surface area contributed by atoms with E-state index < -0.39 is 0 Å². The van der Waals surface area contributed by atoms with Crippen molar-refractivity contribution in [1.29, 1.82) is 0 Å². The van der Waals surface area contributed by atoms with Gasteiger partial charge in [-0.05, 0) is 24.3 Å². The molecule has 1 aliphatic heterocycles. The topological polar surface area (TPSA) is 66.6 Å². The molecular weight excluding hydrogens is 335 g/mol. The van der Waals surface area contributed by atoms with Crippen molar-refractivity contribution in [3.63, 3.8) is 0 Å². The average molecular weight is 354 g/mol. The number of carbonyl (C=O) groups excluding carboxylic acids is 1. The third-order valence-corrected chi connectivity index (χ3v) is 4.62. The molecule has 3 heterocycles. The van der Waals surface area contributed by atoms with Gasteiger partial charge in [-0.25, -0.2) is 4.39 Å². The molecule has 0 aliphatic carbocycles. The number of carbonyl (C=O) groups is 1. The Bertz CT molecular complexity index is 948.